The van der Waals surface area contributed by atoms with Gasteiger partial charge in [-0.25, -0.2) is 0 Å². The van der Waals surface area contributed by atoms with Crippen LogP contribution in [0.5, 0.6) is 0 Å². The summed E-state index contributed by atoms with van der Waals surface area (Å²) < 4.78 is 5.33. The molecule has 0 aromatic rings. The van der Waals surface area contributed by atoms with E-state index in [0.29, 0.717) is 25.8 Å². The van der Waals surface area contributed by atoms with E-state index in [9.17, 15) is 4.79 Å². The molecule has 0 radical (unpaired) electrons. The van der Waals surface area contributed by atoms with Gasteiger partial charge < -0.3 is 15.4 Å². The van der Waals surface area contributed by atoms with Gasteiger partial charge in [-0.3, -0.25) is 4.79 Å². The molecule has 1 amide bonds. The number of rotatable bonds is 6. The second-order valence-corrected chi connectivity index (χ2v) is 4.88. The minimum absolute atomic E-state index is 0.160. The number of piperidine rings is 1. The van der Waals surface area contributed by atoms with Crippen molar-refractivity contribution < 1.29 is 9.53 Å². The van der Waals surface area contributed by atoms with Gasteiger partial charge in [0.05, 0.1) is 13.2 Å². The summed E-state index contributed by atoms with van der Waals surface area (Å²) in [4.78, 5) is 11.8. The third kappa shape index (κ3) is 5.84. The molecule has 98 valence electrons. The van der Waals surface area contributed by atoms with E-state index >= 15 is 0 Å². The highest BCUT2D eigenvalue weighted by atomic mass is 16.5. The van der Waals surface area contributed by atoms with Gasteiger partial charge in [-0.2, -0.15) is 0 Å². The van der Waals surface area contributed by atoms with Gasteiger partial charge in [-0.1, -0.05) is 12.2 Å². The highest BCUT2D eigenvalue weighted by molar-refractivity contribution is 5.78. The van der Waals surface area contributed by atoms with Gasteiger partial charge >= 0.3 is 0 Å². The van der Waals surface area contributed by atoms with Crippen LogP contribution in [-0.2, 0) is 9.53 Å². The fourth-order valence-electron chi connectivity index (χ4n) is 2.01. The molecule has 1 aliphatic heterocycles. The molecule has 0 aromatic carbocycles. The molecule has 0 bridgehead atoms. The van der Waals surface area contributed by atoms with Gasteiger partial charge in [0.15, 0.2) is 0 Å². The van der Waals surface area contributed by atoms with Crippen LogP contribution in [0.25, 0.3) is 0 Å². The second kappa shape index (κ2) is 7.45. The van der Waals surface area contributed by atoms with Crippen LogP contribution in [0.4, 0.5) is 0 Å². The average molecular weight is 240 g/mol. The van der Waals surface area contributed by atoms with Gasteiger partial charge in [0.2, 0.25) is 5.91 Å². The van der Waals surface area contributed by atoms with Gasteiger partial charge in [0.1, 0.15) is 0 Å². The Balaban J connectivity index is 2.10. The number of carbonyl (C=O) groups is 1. The van der Waals surface area contributed by atoms with Crippen molar-refractivity contribution in [1.82, 2.24) is 10.6 Å². The number of hydrogen-bond donors (Lipinski definition) is 2. The summed E-state index contributed by atoms with van der Waals surface area (Å²) in [6.45, 7) is 10.4. The summed E-state index contributed by atoms with van der Waals surface area (Å²) in [6.07, 6.45) is 1.86. The maximum Gasteiger partial charge on any atom is 0.223 e. The first kappa shape index (κ1) is 14.2. The Bertz CT molecular complexity index is 266. The van der Waals surface area contributed by atoms with Crippen molar-refractivity contribution in [2.24, 2.45) is 5.92 Å². The lowest BCUT2D eigenvalue weighted by atomic mass is 9.92. The van der Waals surface area contributed by atoms with E-state index in [1.165, 1.54) is 0 Å². The molecular weight excluding hydrogens is 216 g/mol. The maximum atomic E-state index is 11.8. The molecule has 1 aliphatic rings. The van der Waals surface area contributed by atoms with Crippen molar-refractivity contribution in [2.75, 3.05) is 26.3 Å². The first-order chi connectivity index (χ1) is 8.09. The van der Waals surface area contributed by atoms with Crippen LogP contribution in [0.15, 0.2) is 12.2 Å². The number of nitrogens with one attached hydrogen (secondary N) is 2. The van der Waals surface area contributed by atoms with Crippen LogP contribution in [0.2, 0.25) is 0 Å². The van der Waals surface area contributed by atoms with Gasteiger partial charge in [-0.05, 0) is 33.2 Å². The first-order valence-electron chi connectivity index (χ1n) is 6.33. The monoisotopic (exact) mass is 240 g/mol. The molecule has 1 heterocycles. The summed E-state index contributed by atoms with van der Waals surface area (Å²) >= 11 is 0. The van der Waals surface area contributed by atoms with Crippen LogP contribution < -0.4 is 10.6 Å². The van der Waals surface area contributed by atoms with E-state index in [4.69, 9.17) is 4.74 Å². The fraction of sp³-hybridized carbons (Fsp3) is 0.769. The van der Waals surface area contributed by atoms with E-state index in [-0.39, 0.29) is 11.8 Å². The standard InChI is InChI=1S/C13H24N2O2/c1-10(2)9-17-7-6-15-13(16)12-4-5-14-11(3)8-12/h11-12,14H,1,4-9H2,2-3H3,(H,15,16). The minimum atomic E-state index is 0.160. The molecule has 0 saturated carbocycles. The molecule has 0 spiro atoms. The van der Waals surface area contributed by atoms with E-state index in [2.05, 4.69) is 24.1 Å². The molecule has 0 aliphatic carbocycles. The van der Waals surface area contributed by atoms with Crippen molar-refractivity contribution in [3.05, 3.63) is 12.2 Å². The maximum absolute atomic E-state index is 11.8. The minimum Gasteiger partial charge on any atom is -0.375 e. The summed E-state index contributed by atoms with van der Waals surface area (Å²) in [5.74, 6) is 0.324. The predicted molar refractivity (Wildman–Crippen MR) is 68.8 cm³/mol. The molecule has 0 aromatic heterocycles. The Hall–Kier alpha value is -0.870. The number of hydrogen-bond acceptors (Lipinski definition) is 3. The predicted octanol–water partition coefficient (Wildman–Crippen LogP) is 1.08. The first-order valence-corrected chi connectivity index (χ1v) is 6.33. The van der Waals surface area contributed by atoms with Crippen molar-refractivity contribution in [3.8, 4) is 0 Å². The molecule has 2 unspecified atom stereocenters. The van der Waals surface area contributed by atoms with Gasteiger partial charge in [0.25, 0.3) is 0 Å². The number of amides is 1. The summed E-state index contributed by atoms with van der Waals surface area (Å²) in [7, 11) is 0. The normalized spacial score (nSPS) is 24.4. The van der Waals surface area contributed by atoms with E-state index in [1.54, 1.807) is 0 Å². The molecular formula is C13H24N2O2. The molecule has 4 heteroatoms. The molecule has 2 N–H and O–H groups in total. The lowest BCUT2D eigenvalue weighted by molar-refractivity contribution is -0.126. The van der Waals surface area contributed by atoms with Crippen molar-refractivity contribution >= 4 is 5.91 Å². The Morgan fingerprint density at radius 2 is 2.35 bits per heavy atom. The van der Waals surface area contributed by atoms with E-state index in [1.807, 2.05) is 6.92 Å². The largest absolute Gasteiger partial charge is 0.375 e. The van der Waals surface area contributed by atoms with Crippen molar-refractivity contribution in [1.29, 1.82) is 0 Å². The fourth-order valence-corrected chi connectivity index (χ4v) is 2.01. The van der Waals surface area contributed by atoms with Crippen LogP contribution >= 0.6 is 0 Å². The number of ether oxygens (including phenoxy) is 1. The Morgan fingerprint density at radius 1 is 1.59 bits per heavy atom. The summed E-state index contributed by atoms with van der Waals surface area (Å²) in [5, 5.41) is 6.27. The van der Waals surface area contributed by atoms with Gasteiger partial charge in [-0.15, -0.1) is 0 Å². The molecule has 4 nitrogen and oxygen atoms in total. The Morgan fingerprint density at radius 3 is 3.00 bits per heavy atom. The zero-order valence-corrected chi connectivity index (χ0v) is 10.9. The van der Waals surface area contributed by atoms with Crippen molar-refractivity contribution in [3.63, 3.8) is 0 Å². The topological polar surface area (TPSA) is 50.4 Å². The van der Waals surface area contributed by atoms with Gasteiger partial charge in [0, 0.05) is 18.5 Å². The Labute approximate surface area is 104 Å². The summed E-state index contributed by atoms with van der Waals surface area (Å²) in [6, 6.07) is 0.444. The van der Waals surface area contributed by atoms with Crippen LogP contribution in [0.1, 0.15) is 26.7 Å². The van der Waals surface area contributed by atoms with Crippen LogP contribution in [-0.4, -0.2) is 38.3 Å². The third-order valence-electron chi connectivity index (χ3n) is 2.89. The molecule has 1 fully saturated rings. The highest BCUT2D eigenvalue weighted by Gasteiger charge is 2.24. The molecule has 2 atom stereocenters. The zero-order chi connectivity index (χ0) is 12.7. The zero-order valence-electron chi connectivity index (χ0n) is 10.9. The lowest BCUT2D eigenvalue weighted by Crippen LogP contribution is -2.43. The lowest BCUT2D eigenvalue weighted by Gasteiger charge is -2.27. The van der Waals surface area contributed by atoms with Crippen LogP contribution in [0.3, 0.4) is 0 Å². The molecule has 1 rings (SSSR count). The second-order valence-electron chi connectivity index (χ2n) is 4.88. The summed E-state index contributed by atoms with van der Waals surface area (Å²) in [5.41, 5.74) is 1.00. The van der Waals surface area contributed by atoms with Crippen molar-refractivity contribution in [2.45, 2.75) is 32.7 Å². The quantitative estimate of drug-likeness (QED) is 0.539. The Kier molecular flexibility index (Phi) is 6.22. The van der Waals surface area contributed by atoms with Crippen LogP contribution in [0, 0.1) is 5.92 Å². The van der Waals surface area contributed by atoms with E-state index < -0.39 is 0 Å². The number of carbonyl (C=O) groups excluding carboxylic acids is 1. The third-order valence-corrected chi connectivity index (χ3v) is 2.89. The molecule has 1 saturated heterocycles. The SMILES string of the molecule is C=C(C)COCCNC(=O)C1CCNC(C)C1. The highest BCUT2D eigenvalue weighted by Crippen LogP contribution is 2.15. The van der Waals surface area contributed by atoms with E-state index in [0.717, 1.165) is 25.0 Å². The smallest absolute Gasteiger partial charge is 0.223 e. The average Bonchev–Trinajstić information content (AvgIpc) is 2.28. The molecule has 17 heavy (non-hydrogen) atoms.